The molecule has 16 aliphatic carbocycles. The van der Waals surface area contributed by atoms with Gasteiger partial charge in [0.15, 0.2) is 0 Å². The van der Waals surface area contributed by atoms with Crippen LogP contribution in [0.1, 0.15) is 468 Å². The van der Waals surface area contributed by atoms with E-state index >= 15 is 0 Å². The second-order valence-electron chi connectivity index (χ2n) is 51.3. The van der Waals surface area contributed by atoms with Gasteiger partial charge >= 0.3 is 0 Å². The maximum Gasteiger partial charge on any atom is -0.00851 e. The Balaban J connectivity index is 0.000000134. The van der Waals surface area contributed by atoms with Crippen molar-refractivity contribution in [3.63, 3.8) is 0 Å². The van der Waals surface area contributed by atoms with Crippen molar-refractivity contribution in [2.24, 2.45) is 209 Å². The molecule has 658 valence electrons. The zero-order chi connectivity index (χ0) is 82.5. The monoisotopic (exact) mass is 1580 g/mol. The van der Waals surface area contributed by atoms with Gasteiger partial charge in [-0.3, -0.25) is 0 Å². The molecule has 0 saturated heterocycles. The Labute approximate surface area is 719 Å². The predicted molar refractivity (Wildman–Crippen MR) is 503 cm³/mol. The van der Waals surface area contributed by atoms with E-state index in [0.717, 1.165) is 166 Å². The summed E-state index contributed by atoms with van der Waals surface area (Å²) in [7, 11) is 0. The maximum absolute atomic E-state index is 2.79. The van der Waals surface area contributed by atoms with E-state index in [9.17, 15) is 0 Å². The molecule has 0 aromatic heterocycles. The third kappa shape index (κ3) is 18.3. The normalized spacial score (nSPS) is 45.6. The quantitative estimate of drug-likeness (QED) is 0.0895. The van der Waals surface area contributed by atoms with Crippen LogP contribution in [0.5, 0.6) is 0 Å². The Morgan fingerprint density at radius 3 is 0.791 bits per heavy atom. The molecule has 0 N–H and O–H groups in total. The van der Waals surface area contributed by atoms with Crippen LogP contribution in [-0.2, 0) is 0 Å². The lowest BCUT2D eigenvalue weighted by Gasteiger charge is -2.58. The molecule has 115 heavy (non-hydrogen) atoms. The first-order chi connectivity index (χ1) is 54.6. The highest BCUT2D eigenvalue weighted by molar-refractivity contribution is 5.30. The molecule has 0 heteroatoms. The predicted octanol–water partition coefficient (Wildman–Crippen LogP) is 35.8. The van der Waals surface area contributed by atoms with Gasteiger partial charge in [-0.25, -0.2) is 0 Å². The Morgan fingerprint density at radius 2 is 0.530 bits per heavy atom. The molecule has 0 bridgehead atoms. The highest BCUT2D eigenvalue weighted by atomic mass is 14.7. The SMILES string of the molecule is CC(C)CCC[C@@H](C)[C@H]1CC[C@H]2[C@@H]3CC=C4C[C@@H](C)CC[C@]4(C)[C@H]3CC[C@]12C.CC(C)CCC[C@@H](C)[C@H]1CC[C@H]2[C@@H]3CC=C4C[C@H](C)CC[C@]4(C)[C@H]3CC[C@]12C.CCC[C@@H]1CC[C@@]2(C)C(=CC[C@H]3[C@@H]4CC[C@H]([C@H](C)CCCC(C)C)[C@@]4(C)CC[C@@H]32)C1.CC[C@@H]1CC[C@@]2(C)C(=CC[C@H]3[C@@H]4CC[C@H]([C@H](C)CCCC(C)C)[C@@]4(C)CC[C@@H]32)C1. The van der Waals surface area contributed by atoms with Crippen molar-refractivity contribution in [1.82, 2.24) is 0 Å². The van der Waals surface area contributed by atoms with Gasteiger partial charge in [0.1, 0.15) is 0 Å². The zero-order valence-corrected chi connectivity index (χ0v) is 81.7. The van der Waals surface area contributed by atoms with Crippen molar-refractivity contribution in [1.29, 1.82) is 0 Å². The molecule has 32 atom stereocenters. The molecule has 0 heterocycles. The van der Waals surface area contributed by atoms with Crippen LogP contribution in [0, 0.1) is 209 Å². The van der Waals surface area contributed by atoms with Crippen LogP contribution in [0.3, 0.4) is 0 Å². The van der Waals surface area contributed by atoms with Gasteiger partial charge in [-0.1, -0.05) is 309 Å². The minimum absolute atomic E-state index is 0.551. The lowest BCUT2D eigenvalue weighted by molar-refractivity contribution is -0.0529. The van der Waals surface area contributed by atoms with E-state index in [1.807, 2.05) is 22.3 Å². The molecule has 0 amide bonds. The van der Waals surface area contributed by atoms with E-state index in [0.29, 0.717) is 43.3 Å². The van der Waals surface area contributed by atoms with Crippen molar-refractivity contribution < 1.29 is 0 Å². The first kappa shape index (κ1) is 91.7. The summed E-state index contributed by atoms with van der Waals surface area (Å²) in [5.41, 5.74) is 12.3. The fourth-order valence-electron chi connectivity index (χ4n) is 36.3. The lowest BCUT2D eigenvalue weighted by atomic mass is 9.46. The van der Waals surface area contributed by atoms with Crippen molar-refractivity contribution in [3.8, 4) is 0 Å². The first-order valence-electron chi connectivity index (χ1n) is 53.4. The first-order valence-corrected chi connectivity index (χ1v) is 53.4. The van der Waals surface area contributed by atoms with Gasteiger partial charge in [-0.2, -0.15) is 0 Å². The second kappa shape index (κ2) is 37.6. The topological polar surface area (TPSA) is 0 Å². The third-order valence-corrected chi connectivity index (χ3v) is 43.2. The smallest absolute Gasteiger partial charge is 0.00851 e. The molecule has 0 spiro atoms. The molecule has 12 saturated carbocycles. The second-order valence-corrected chi connectivity index (χ2v) is 51.3. The fraction of sp³-hybridized carbons (Fsp3) is 0.930. The average Bonchev–Trinajstić information content (AvgIpc) is 1.70. The summed E-state index contributed by atoms with van der Waals surface area (Å²) in [6, 6.07) is 0. The summed E-state index contributed by atoms with van der Waals surface area (Å²) in [6.45, 7) is 60.9. The minimum Gasteiger partial charge on any atom is -0.0845 e. The van der Waals surface area contributed by atoms with Crippen LogP contribution in [0.2, 0.25) is 0 Å². The number of hydrogen-bond donors (Lipinski definition) is 0. The summed E-state index contributed by atoms with van der Waals surface area (Å²) in [5.74, 6) is 27.0. The summed E-state index contributed by atoms with van der Waals surface area (Å²) >= 11 is 0. The molecule has 0 aromatic carbocycles. The number of allylic oxidation sites excluding steroid dienone is 8. The Hall–Kier alpha value is -1.04. The van der Waals surface area contributed by atoms with E-state index in [1.165, 1.54) is 302 Å². The molecule has 0 nitrogen and oxygen atoms in total. The molecule has 0 aromatic rings. The Bertz CT molecular complexity index is 3120. The van der Waals surface area contributed by atoms with E-state index in [2.05, 4.69) is 190 Å². The highest BCUT2D eigenvalue weighted by Crippen LogP contribution is 2.73. The average molecular weight is 1580 g/mol. The van der Waals surface area contributed by atoms with E-state index in [4.69, 9.17) is 0 Å². The van der Waals surface area contributed by atoms with Gasteiger partial charge in [0.2, 0.25) is 0 Å². The van der Waals surface area contributed by atoms with Crippen molar-refractivity contribution in [2.45, 2.75) is 468 Å². The van der Waals surface area contributed by atoms with Crippen LogP contribution < -0.4 is 0 Å². The molecular formula is C115H198. The van der Waals surface area contributed by atoms with Crippen molar-refractivity contribution in [3.05, 3.63) is 46.6 Å². The molecule has 12 fully saturated rings. The number of rotatable bonds is 23. The van der Waals surface area contributed by atoms with Gasteiger partial charge in [0.05, 0.1) is 0 Å². The maximum atomic E-state index is 2.79. The summed E-state index contributed by atoms with van der Waals surface area (Å²) in [4.78, 5) is 0. The van der Waals surface area contributed by atoms with E-state index in [1.54, 1.807) is 0 Å². The van der Waals surface area contributed by atoms with Crippen LogP contribution in [0.25, 0.3) is 0 Å². The highest BCUT2D eigenvalue weighted by Gasteiger charge is 2.64. The molecular weight excluding hydrogens is 1380 g/mol. The van der Waals surface area contributed by atoms with Gasteiger partial charge in [0.25, 0.3) is 0 Å². The van der Waals surface area contributed by atoms with Gasteiger partial charge in [0, 0.05) is 0 Å². The number of fused-ring (bicyclic) bond motifs is 20. The van der Waals surface area contributed by atoms with Crippen LogP contribution in [0.15, 0.2) is 46.6 Å². The lowest BCUT2D eigenvalue weighted by Crippen LogP contribution is -2.50. The molecule has 0 unspecified atom stereocenters. The standard InChI is InChI=1S/C30H52.C29H50.2C28H48/c1-7-9-23-16-18-29(5)24(20-23)12-13-25-27-15-14-26(22(4)11-8-10-21(2)3)30(27,6)19-17-28(25)29;1-7-22-15-17-28(5)23(19-22)11-12-24-26-14-13-25(21(4)10-8-9-20(2)3)29(26,6)18-16-27(24)28;2*1-19(2)8-7-9-21(4)24-12-13-25-23-11-10-22-18-20(3)14-16-27(22,5)26(23)15-17-28(24,25)6/h12,21-23,25-28H,7-11,13-20H2,1-6H3;11,20-22,24-27H,7-10,12-19H2,1-6H3;2*10,19-21,23-26H,7-9,11-18H2,1-6H3/t22-,23-,25+,26-,27+,28+,29+,30-;21-,22-,24+,25-,26+,27+,28+,29-;20-,21+,23-,24+,25-,26-,27-,28+;20-,21-,23+,24-,25+,26+,27+,28-/m1101/s1. The summed E-state index contributed by atoms with van der Waals surface area (Å²) < 4.78 is 0. The number of hydrogen-bond acceptors (Lipinski definition) is 0. The van der Waals surface area contributed by atoms with Crippen molar-refractivity contribution >= 4 is 0 Å². The van der Waals surface area contributed by atoms with Gasteiger partial charge < -0.3 is 0 Å². The summed E-state index contributed by atoms with van der Waals surface area (Å²) in [5, 5.41) is 0. The van der Waals surface area contributed by atoms with Crippen molar-refractivity contribution in [2.75, 3.05) is 0 Å². The Kier molecular flexibility index (Phi) is 30.0. The molecule has 16 aliphatic rings. The van der Waals surface area contributed by atoms with Crippen LogP contribution in [-0.4, -0.2) is 0 Å². The molecule has 0 aliphatic heterocycles. The zero-order valence-electron chi connectivity index (χ0n) is 81.7. The summed E-state index contributed by atoms with van der Waals surface area (Å²) in [6.07, 6.45) is 80.3. The third-order valence-electron chi connectivity index (χ3n) is 43.2. The van der Waals surface area contributed by atoms with Crippen LogP contribution >= 0.6 is 0 Å². The minimum atomic E-state index is 0.551. The van der Waals surface area contributed by atoms with Gasteiger partial charge in [-0.05, 0) is 414 Å². The largest absolute Gasteiger partial charge is 0.0845 e. The van der Waals surface area contributed by atoms with Gasteiger partial charge in [-0.15, -0.1) is 0 Å². The molecule has 0 radical (unpaired) electrons. The van der Waals surface area contributed by atoms with E-state index < -0.39 is 0 Å². The fourth-order valence-corrected chi connectivity index (χ4v) is 36.3. The van der Waals surface area contributed by atoms with E-state index in [-0.39, 0.29) is 0 Å². The molecule has 16 rings (SSSR count). The van der Waals surface area contributed by atoms with Crippen LogP contribution in [0.4, 0.5) is 0 Å². The Morgan fingerprint density at radius 1 is 0.278 bits per heavy atom.